The summed E-state index contributed by atoms with van der Waals surface area (Å²) in [5.41, 5.74) is 14.0. The van der Waals surface area contributed by atoms with Gasteiger partial charge in [-0.25, -0.2) is 4.79 Å². The lowest BCUT2D eigenvalue weighted by Crippen LogP contribution is -2.11. The first kappa shape index (κ1) is 16.8. The second-order valence-electron chi connectivity index (χ2n) is 5.82. The first-order valence-electron chi connectivity index (χ1n) is 8.26. The number of carbonyl (C=O) groups is 1. The fraction of sp³-hybridized carbons (Fsp3) is 0.353. The van der Waals surface area contributed by atoms with E-state index >= 15 is 0 Å². The molecule has 0 radical (unpaired) electrons. The molecule has 0 saturated heterocycles. The van der Waals surface area contributed by atoms with E-state index < -0.39 is 0 Å². The third-order valence-corrected chi connectivity index (χ3v) is 4.13. The van der Waals surface area contributed by atoms with E-state index in [-0.39, 0.29) is 17.8 Å². The predicted octanol–water partition coefficient (Wildman–Crippen LogP) is 1.83. The van der Waals surface area contributed by atoms with Crippen molar-refractivity contribution in [2.24, 2.45) is 0 Å². The molecule has 0 fully saturated rings. The van der Waals surface area contributed by atoms with Gasteiger partial charge in [0.2, 0.25) is 5.95 Å². The molecule has 1 atom stereocenters. The van der Waals surface area contributed by atoms with Gasteiger partial charge < -0.3 is 26.8 Å². The van der Waals surface area contributed by atoms with Crippen LogP contribution in [0.1, 0.15) is 35.2 Å². The summed E-state index contributed by atoms with van der Waals surface area (Å²) in [7, 11) is 0. The van der Waals surface area contributed by atoms with Crippen LogP contribution in [0, 0.1) is 0 Å². The Labute approximate surface area is 146 Å². The van der Waals surface area contributed by atoms with Crippen LogP contribution in [0.15, 0.2) is 24.3 Å². The highest BCUT2D eigenvalue weighted by Crippen LogP contribution is 2.35. The number of nitrogens with one attached hydrogen (secondary N) is 2. The maximum Gasteiger partial charge on any atom is 0.338 e. The largest absolute Gasteiger partial charge is 0.462 e. The van der Waals surface area contributed by atoms with Gasteiger partial charge in [-0.1, -0.05) is 0 Å². The Hall–Kier alpha value is -3.03. The van der Waals surface area contributed by atoms with E-state index in [9.17, 15) is 4.79 Å². The van der Waals surface area contributed by atoms with Gasteiger partial charge in [0, 0.05) is 30.3 Å². The number of aromatic nitrogens is 2. The lowest BCUT2D eigenvalue weighted by atomic mass is 9.99. The maximum absolute atomic E-state index is 11.6. The zero-order chi connectivity index (χ0) is 17.8. The fourth-order valence-electron chi connectivity index (χ4n) is 2.94. The number of benzene rings is 1. The zero-order valence-corrected chi connectivity index (χ0v) is 14.1. The monoisotopic (exact) mass is 342 g/mol. The van der Waals surface area contributed by atoms with Crippen molar-refractivity contribution >= 4 is 29.2 Å². The van der Waals surface area contributed by atoms with Crippen LogP contribution < -0.4 is 22.1 Å². The number of carbonyl (C=O) groups excluding carboxylic acids is 1. The van der Waals surface area contributed by atoms with E-state index in [1.54, 1.807) is 19.1 Å². The summed E-state index contributed by atoms with van der Waals surface area (Å²) in [4.78, 5) is 19.9. The van der Waals surface area contributed by atoms with E-state index in [1.807, 2.05) is 12.1 Å². The maximum atomic E-state index is 11.6. The van der Waals surface area contributed by atoms with Crippen LogP contribution in [0.2, 0.25) is 0 Å². The number of ether oxygens (including phenoxy) is 1. The van der Waals surface area contributed by atoms with Crippen molar-refractivity contribution in [2.45, 2.75) is 19.3 Å². The van der Waals surface area contributed by atoms with Crippen molar-refractivity contribution < 1.29 is 9.53 Å². The standard InChI is InChI=1S/C17H22N6O2/c1-2-25-16(24)10-3-5-12(6-4-10)20-8-7-11-9-21-15-13(11)14(18)22-17(19)23-15/h3-6,11,20H,2,7-9H2,1H3,(H5,18,19,21,22,23). The van der Waals surface area contributed by atoms with Gasteiger partial charge in [0.15, 0.2) is 0 Å². The van der Waals surface area contributed by atoms with Crippen molar-refractivity contribution in [3.63, 3.8) is 0 Å². The van der Waals surface area contributed by atoms with Crippen molar-refractivity contribution in [1.82, 2.24) is 9.97 Å². The van der Waals surface area contributed by atoms with Gasteiger partial charge in [0.1, 0.15) is 11.6 Å². The number of nitrogens with zero attached hydrogens (tertiary/aromatic N) is 2. The Kier molecular flexibility index (Phi) is 4.87. The van der Waals surface area contributed by atoms with E-state index in [2.05, 4.69) is 20.6 Å². The molecule has 0 aliphatic carbocycles. The number of esters is 1. The number of rotatable bonds is 6. The highest BCUT2D eigenvalue weighted by molar-refractivity contribution is 5.89. The summed E-state index contributed by atoms with van der Waals surface area (Å²) < 4.78 is 4.97. The van der Waals surface area contributed by atoms with Gasteiger partial charge in [-0.2, -0.15) is 9.97 Å². The molecule has 0 amide bonds. The summed E-state index contributed by atoms with van der Waals surface area (Å²) in [5.74, 6) is 1.29. The Morgan fingerprint density at radius 2 is 2.08 bits per heavy atom. The normalized spacial score (nSPS) is 15.3. The Morgan fingerprint density at radius 3 is 2.80 bits per heavy atom. The van der Waals surface area contributed by atoms with Gasteiger partial charge in [-0.05, 0) is 37.6 Å². The van der Waals surface area contributed by atoms with Crippen molar-refractivity contribution in [3.8, 4) is 0 Å². The van der Waals surface area contributed by atoms with Crippen LogP contribution in [0.25, 0.3) is 0 Å². The molecule has 0 spiro atoms. The second kappa shape index (κ2) is 7.25. The fourth-order valence-corrected chi connectivity index (χ4v) is 2.94. The molecule has 0 bridgehead atoms. The topological polar surface area (TPSA) is 128 Å². The van der Waals surface area contributed by atoms with Crippen LogP contribution in [-0.2, 0) is 4.74 Å². The van der Waals surface area contributed by atoms with Crippen LogP contribution in [0.4, 0.5) is 23.3 Å². The SMILES string of the molecule is CCOC(=O)c1ccc(NCCC2CNc3nc(N)nc(N)c32)cc1. The molecule has 25 heavy (non-hydrogen) atoms. The Balaban J connectivity index is 1.55. The zero-order valence-electron chi connectivity index (χ0n) is 14.1. The van der Waals surface area contributed by atoms with Gasteiger partial charge in [-0.3, -0.25) is 0 Å². The average molecular weight is 342 g/mol. The first-order valence-corrected chi connectivity index (χ1v) is 8.26. The molecule has 1 aromatic heterocycles. The number of nitrogens with two attached hydrogens (primary N) is 2. The van der Waals surface area contributed by atoms with Gasteiger partial charge in [-0.15, -0.1) is 0 Å². The molecule has 2 aromatic rings. The van der Waals surface area contributed by atoms with Gasteiger partial charge in [0.05, 0.1) is 12.2 Å². The summed E-state index contributed by atoms with van der Waals surface area (Å²) >= 11 is 0. The van der Waals surface area contributed by atoms with Crippen LogP contribution in [-0.4, -0.2) is 35.6 Å². The van der Waals surface area contributed by atoms with E-state index in [0.717, 1.165) is 36.6 Å². The Morgan fingerprint density at radius 1 is 1.32 bits per heavy atom. The average Bonchev–Trinajstić information content (AvgIpc) is 2.99. The molecule has 2 heterocycles. The Bertz CT molecular complexity index is 762. The van der Waals surface area contributed by atoms with Crippen molar-refractivity contribution in [2.75, 3.05) is 41.8 Å². The third kappa shape index (κ3) is 3.73. The number of hydrogen-bond donors (Lipinski definition) is 4. The van der Waals surface area contributed by atoms with Crippen molar-refractivity contribution in [3.05, 3.63) is 35.4 Å². The molecular formula is C17H22N6O2. The summed E-state index contributed by atoms with van der Waals surface area (Å²) in [6.45, 7) is 3.68. The molecular weight excluding hydrogens is 320 g/mol. The first-order chi connectivity index (χ1) is 12.1. The molecule has 0 saturated carbocycles. The number of anilines is 4. The highest BCUT2D eigenvalue weighted by atomic mass is 16.5. The molecule has 1 unspecified atom stereocenters. The third-order valence-electron chi connectivity index (χ3n) is 4.13. The molecule has 6 N–H and O–H groups in total. The number of fused-ring (bicyclic) bond motifs is 1. The molecule has 1 aromatic carbocycles. The molecule has 8 nitrogen and oxygen atoms in total. The smallest absolute Gasteiger partial charge is 0.338 e. The molecule has 8 heteroatoms. The summed E-state index contributed by atoms with van der Waals surface area (Å²) in [6.07, 6.45) is 0.872. The predicted molar refractivity (Wildman–Crippen MR) is 97.6 cm³/mol. The lowest BCUT2D eigenvalue weighted by molar-refractivity contribution is 0.0526. The highest BCUT2D eigenvalue weighted by Gasteiger charge is 2.26. The quantitative estimate of drug-likeness (QED) is 0.585. The summed E-state index contributed by atoms with van der Waals surface area (Å²) in [5, 5.41) is 6.57. The molecule has 132 valence electrons. The summed E-state index contributed by atoms with van der Waals surface area (Å²) in [6, 6.07) is 7.24. The molecule has 3 rings (SSSR count). The van der Waals surface area contributed by atoms with Gasteiger partial charge in [0.25, 0.3) is 0 Å². The molecule has 1 aliphatic heterocycles. The van der Waals surface area contributed by atoms with E-state index in [4.69, 9.17) is 16.2 Å². The number of nitrogen functional groups attached to an aromatic ring is 2. The van der Waals surface area contributed by atoms with Gasteiger partial charge >= 0.3 is 5.97 Å². The minimum Gasteiger partial charge on any atom is -0.462 e. The molecule has 1 aliphatic rings. The van der Waals surface area contributed by atoms with E-state index in [1.165, 1.54) is 0 Å². The second-order valence-corrected chi connectivity index (χ2v) is 5.82. The van der Waals surface area contributed by atoms with E-state index in [0.29, 0.717) is 18.0 Å². The number of hydrogen-bond acceptors (Lipinski definition) is 8. The van der Waals surface area contributed by atoms with Crippen LogP contribution in [0.5, 0.6) is 0 Å². The van der Waals surface area contributed by atoms with Crippen molar-refractivity contribution in [1.29, 1.82) is 0 Å². The van der Waals surface area contributed by atoms with Crippen LogP contribution in [0.3, 0.4) is 0 Å². The minimum absolute atomic E-state index is 0.184. The minimum atomic E-state index is -0.308. The lowest BCUT2D eigenvalue weighted by Gasteiger charge is -2.13. The van der Waals surface area contributed by atoms with Crippen LogP contribution >= 0.6 is 0 Å².